The first-order chi connectivity index (χ1) is 18.8. The molecule has 212 valence electrons. The summed E-state index contributed by atoms with van der Waals surface area (Å²) >= 11 is 6.83. The molecule has 0 spiro atoms. The number of nitrogens with one attached hydrogen (secondary N) is 1. The van der Waals surface area contributed by atoms with E-state index in [9.17, 15) is 14.7 Å². The van der Waals surface area contributed by atoms with E-state index < -0.39 is 12.2 Å². The molecule has 0 bridgehead atoms. The average molecular weight is 558 g/mol. The number of aryl methyl sites for hydroxylation is 1. The van der Waals surface area contributed by atoms with Crippen molar-refractivity contribution in [2.75, 3.05) is 33.4 Å². The minimum absolute atomic E-state index is 0.0207. The van der Waals surface area contributed by atoms with Crippen molar-refractivity contribution in [1.29, 1.82) is 0 Å². The Labute approximate surface area is 235 Å². The molecule has 1 heterocycles. The van der Waals surface area contributed by atoms with Crippen LogP contribution < -0.4 is 11.1 Å². The van der Waals surface area contributed by atoms with Gasteiger partial charge in [-0.25, -0.2) is 4.79 Å². The number of piperidine rings is 1. The molecule has 9 heteroatoms. The molecule has 39 heavy (non-hydrogen) atoms. The van der Waals surface area contributed by atoms with E-state index in [0.717, 1.165) is 36.0 Å². The number of carbonyl (C=O) groups excluding carboxylic acids is 2. The zero-order chi connectivity index (χ0) is 27.9. The number of aliphatic hydroxyl groups is 1. The SMILES string of the molecule is CCc1cccc(-c2c(Cl)cccc2[C@H](OCCNC(=O)OC)[C@@H]2CCCN(C(=O)[C@H]3C[C@@H](N)[C@@H](O)C3)C2)c1. The lowest BCUT2D eigenvalue weighted by atomic mass is 9.84. The molecule has 0 aromatic heterocycles. The number of nitrogens with zero attached hydrogens (tertiary/aromatic N) is 1. The Bertz CT molecular complexity index is 1140. The minimum Gasteiger partial charge on any atom is -0.453 e. The Kier molecular flexibility index (Phi) is 10.2. The number of carbonyl (C=O) groups is 2. The molecule has 1 saturated heterocycles. The highest BCUT2D eigenvalue weighted by Crippen LogP contribution is 2.42. The van der Waals surface area contributed by atoms with Crippen molar-refractivity contribution in [3.8, 4) is 11.1 Å². The van der Waals surface area contributed by atoms with E-state index in [0.29, 0.717) is 31.0 Å². The molecule has 2 amide bonds. The van der Waals surface area contributed by atoms with Crippen molar-refractivity contribution in [3.05, 3.63) is 58.6 Å². The highest BCUT2D eigenvalue weighted by atomic mass is 35.5. The Morgan fingerprint density at radius 3 is 2.74 bits per heavy atom. The van der Waals surface area contributed by atoms with Gasteiger partial charge in [-0.1, -0.05) is 54.9 Å². The molecule has 1 saturated carbocycles. The Balaban J connectivity index is 1.62. The first-order valence-corrected chi connectivity index (χ1v) is 14.2. The highest BCUT2D eigenvalue weighted by Gasteiger charge is 2.39. The molecule has 2 aromatic carbocycles. The number of nitrogens with two attached hydrogens (primary N) is 1. The third-order valence-electron chi connectivity index (χ3n) is 7.95. The van der Waals surface area contributed by atoms with E-state index in [1.165, 1.54) is 12.7 Å². The maximum atomic E-state index is 13.4. The summed E-state index contributed by atoms with van der Waals surface area (Å²) in [5.74, 6) is -0.178. The standard InChI is InChI=1S/C30H40ClN3O5/c1-3-19-7-4-8-20(15-19)27-23(10-5-11-24(27)31)28(39-14-12-33-30(37)38-2)21-9-6-13-34(18-21)29(36)22-16-25(32)26(35)17-22/h4-5,7-8,10-11,15,21-22,25-26,28,35H,3,6,9,12-14,16-18,32H2,1-2H3,(H,33,37)/t21-,22+,25-,26+,28-/m1/s1. The molecule has 2 aliphatic rings. The van der Waals surface area contributed by atoms with Gasteiger partial charge in [0.15, 0.2) is 0 Å². The average Bonchev–Trinajstić information content (AvgIpc) is 3.30. The van der Waals surface area contributed by atoms with Gasteiger partial charge in [-0.2, -0.15) is 0 Å². The summed E-state index contributed by atoms with van der Waals surface area (Å²) in [6.07, 6.45) is 2.05. The van der Waals surface area contributed by atoms with Crippen LogP contribution >= 0.6 is 11.6 Å². The van der Waals surface area contributed by atoms with Crippen LogP contribution in [0.25, 0.3) is 11.1 Å². The minimum atomic E-state index is -0.633. The van der Waals surface area contributed by atoms with Crippen molar-refractivity contribution >= 4 is 23.6 Å². The number of amides is 2. The van der Waals surface area contributed by atoms with E-state index in [-0.39, 0.29) is 43.0 Å². The van der Waals surface area contributed by atoms with Crippen LogP contribution in [-0.4, -0.2) is 67.5 Å². The normalized spacial score (nSPS) is 23.9. The van der Waals surface area contributed by atoms with Crippen molar-refractivity contribution in [1.82, 2.24) is 10.2 Å². The maximum absolute atomic E-state index is 13.4. The number of halogens is 1. The zero-order valence-corrected chi connectivity index (χ0v) is 23.5. The number of methoxy groups -OCH3 is 1. The fourth-order valence-corrected chi connectivity index (χ4v) is 6.18. The summed E-state index contributed by atoms with van der Waals surface area (Å²) in [5, 5.41) is 13.4. The van der Waals surface area contributed by atoms with Crippen LogP contribution in [0.2, 0.25) is 5.02 Å². The van der Waals surface area contributed by atoms with Gasteiger partial charge in [0.2, 0.25) is 5.91 Å². The van der Waals surface area contributed by atoms with Crippen LogP contribution in [0.15, 0.2) is 42.5 Å². The molecular weight excluding hydrogens is 518 g/mol. The zero-order valence-electron chi connectivity index (χ0n) is 22.8. The van der Waals surface area contributed by atoms with Crippen LogP contribution in [0.1, 0.15) is 49.8 Å². The van der Waals surface area contributed by atoms with Gasteiger partial charge in [-0.15, -0.1) is 0 Å². The summed E-state index contributed by atoms with van der Waals surface area (Å²) in [6, 6.07) is 13.9. The predicted molar refractivity (Wildman–Crippen MR) is 151 cm³/mol. The van der Waals surface area contributed by atoms with Crippen LogP contribution in [0, 0.1) is 11.8 Å². The smallest absolute Gasteiger partial charge is 0.406 e. The first-order valence-electron chi connectivity index (χ1n) is 13.9. The summed E-state index contributed by atoms with van der Waals surface area (Å²) in [5.41, 5.74) is 10.1. The summed E-state index contributed by atoms with van der Waals surface area (Å²) in [7, 11) is 1.32. The lowest BCUT2D eigenvalue weighted by Gasteiger charge is -2.38. The van der Waals surface area contributed by atoms with Crippen molar-refractivity contribution < 1.29 is 24.2 Å². The van der Waals surface area contributed by atoms with Gasteiger partial charge < -0.3 is 30.5 Å². The highest BCUT2D eigenvalue weighted by molar-refractivity contribution is 6.33. The van der Waals surface area contributed by atoms with Crippen LogP contribution in [0.4, 0.5) is 4.79 Å². The summed E-state index contributed by atoms with van der Waals surface area (Å²) < 4.78 is 11.2. The molecule has 4 rings (SSSR count). The number of benzene rings is 2. The molecule has 1 aliphatic carbocycles. The predicted octanol–water partition coefficient (Wildman–Crippen LogP) is 4.32. The summed E-state index contributed by atoms with van der Waals surface area (Å²) in [6.45, 7) is 3.90. The summed E-state index contributed by atoms with van der Waals surface area (Å²) in [4.78, 5) is 26.9. The lowest BCUT2D eigenvalue weighted by molar-refractivity contribution is -0.139. The molecular formula is C30H40ClN3O5. The largest absolute Gasteiger partial charge is 0.453 e. The van der Waals surface area contributed by atoms with Gasteiger partial charge >= 0.3 is 6.09 Å². The van der Waals surface area contributed by atoms with E-state index in [2.05, 4.69) is 35.2 Å². The number of hydrogen-bond acceptors (Lipinski definition) is 6. The molecule has 2 fully saturated rings. The molecule has 8 nitrogen and oxygen atoms in total. The fourth-order valence-electron chi connectivity index (χ4n) is 5.89. The van der Waals surface area contributed by atoms with Crippen LogP contribution in [0.5, 0.6) is 0 Å². The second-order valence-electron chi connectivity index (χ2n) is 10.6. The number of likely N-dealkylation sites (tertiary alicyclic amines) is 1. The Morgan fingerprint density at radius 1 is 1.23 bits per heavy atom. The third-order valence-corrected chi connectivity index (χ3v) is 8.27. The molecule has 0 radical (unpaired) electrons. The fraction of sp³-hybridized carbons (Fsp3) is 0.533. The number of aliphatic hydroxyl groups excluding tert-OH is 1. The van der Waals surface area contributed by atoms with Crippen molar-refractivity contribution in [2.24, 2.45) is 17.6 Å². The van der Waals surface area contributed by atoms with Gasteiger partial charge in [-0.05, 0) is 54.9 Å². The van der Waals surface area contributed by atoms with Crippen molar-refractivity contribution in [2.45, 2.75) is 57.3 Å². The van der Waals surface area contributed by atoms with Gasteiger partial charge in [-0.3, -0.25) is 4.79 Å². The molecule has 5 atom stereocenters. The van der Waals surface area contributed by atoms with Crippen LogP contribution in [0.3, 0.4) is 0 Å². The molecule has 4 N–H and O–H groups in total. The molecule has 2 aromatic rings. The molecule has 0 unspecified atom stereocenters. The monoisotopic (exact) mass is 557 g/mol. The Hall–Kier alpha value is -2.65. The van der Waals surface area contributed by atoms with E-state index >= 15 is 0 Å². The van der Waals surface area contributed by atoms with E-state index in [1.54, 1.807) is 0 Å². The van der Waals surface area contributed by atoms with Gasteiger partial charge in [0.1, 0.15) is 0 Å². The second kappa shape index (κ2) is 13.6. The third kappa shape index (κ3) is 7.11. The van der Waals surface area contributed by atoms with E-state index in [4.69, 9.17) is 22.1 Å². The van der Waals surface area contributed by atoms with Crippen molar-refractivity contribution in [3.63, 3.8) is 0 Å². The van der Waals surface area contributed by atoms with Gasteiger partial charge in [0.25, 0.3) is 0 Å². The quantitative estimate of drug-likeness (QED) is 0.396. The van der Waals surface area contributed by atoms with Gasteiger partial charge in [0.05, 0.1) is 25.9 Å². The van der Waals surface area contributed by atoms with E-state index in [1.807, 2.05) is 29.2 Å². The first kappa shape index (κ1) is 29.3. The number of rotatable bonds is 9. The number of hydrogen-bond donors (Lipinski definition) is 3. The Morgan fingerprint density at radius 2 is 2.03 bits per heavy atom. The topological polar surface area (TPSA) is 114 Å². The number of alkyl carbamates (subject to hydrolysis) is 1. The van der Waals surface area contributed by atoms with Crippen LogP contribution in [-0.2, 0) is 20.7 Å². The molecule has 1 aliphatic heterocycles. The lowest BCUT2D eigenvalue weighted by Crippen LogP contribution is -2.44. The second-order valence-corrected chi connectivity index (χ2v) is 11.0. The number of ether oxygens (including phenoxy) is 2. The maximum Gasteiger partial charge on any atom is 0.406 e. The van der Waals surface area contributed by atoms with Gasteiger partial charge in [0, 0.05) is 48.1 Å².